The van der Waals surface area contributed by atoms with Crippen LogP contribution in [0.2, 0.25) is 0 Å². The summed E-state index contributed by atoms with van der Waals surface area (Å²) in [7, 11) is 0. The Bertz CT molecular complexity index is 970. The average molecular weight is 374 g/mol. The lowest BCUT2D eigenvalue weighted by atomic mass is 10.1. The number of nitrogens with zero attached hydrogens (tertiary/aromatic N) is 3. The molecule has 28 heavy (non-hydrogen) atoms. The number of carbonyl (C=O) groups is 1. The fourth-order valence-corrected chi connectivity index (χ4v) is 3.24. The number of aryl methyl sites for hydroxylation is 3. The Hall–Kier alpha value is -3.21. The third-order valence-corrected chi connectivity index (χ3v) is 4.68. The van der Waals surface area contributed by atoms with Crippen LogP contribution in [0.15, 0.2) is 54.6 Å². The molecule has 1 N–H and O–H groups in total. The smallest absolute Gasteiger partial charge is 0.277 e. The normalized spacial score (nSPS) is 10.6. The van der Waals surface area contributed by atoms with Gasteiger partial charge in [0.2, 0.25) is 5.95 Å². The maximum Gasteiger partial charge on any atom is 0.277 e. The first-order valence-corrected chi connectivity index (χ1v) is 9.61. The van der Waals surface area contributed by atoms with Crippen LogP contribution in [0.1, 0.15) is 41.2 Å². The molecule has 1 amide bonds. The van der Waals surface area contributed by atoms with Crippen LogP contribution in [-0.4, -0.2) is 22.4 Å². The summed E-state index contributed by atoms with van der Waals surface area (Å²) in [5.41, 5.74) is 5.30. The number of rotatable bonds is 6. The van der Waals surface area contributed by atoms with Crippen LogP contribution in [0.3, 0.4) is 0 Å². The number of anilines is 3. The van der Waals surface area contributed by atoms with E-state index in [1.807, 2.05) is 50.2 Å². The van der Waals surface area contributed by atoms with Crippen LogP contribution < -0.4 is 10.2 Å². The minimum Gasteiger partial charge on any atom is -0.324 e. The van der Waals surface area contributed by atoms with Crippen LogP contribution in [0, 0.1) is 13.8 Å². The highest BCUT2D eigenvalue weighted by Gasteiger charge is 2.19. The van der Waals surface area contributed by atoms with Gasteiger partial charge in [-0.1, -0.05) is 43.3 Å². The topological polar surface area (TPSA) is 58.1 Å². The summed E-state index contributed by atoms with van der Waals surface area (Å²) >= 11 is 0. The lowest BCUT2D eigenvalue weighted by molar-refractivity contribution is 0.0983. The first kappa shape index (κ1) is 19.5. The minimum absolute atomic E-state index is 0.136. The number of aromatic nitrogens is 2. The van der Waals surface area contributed by atoms with Gasteiger partial charge >= 0.3 is 0 Å². The van der Waals surface area contributed by atoms with E-state index in [1.54, 1.807) is 11.0 Å². The molecule has 0 aliphatic heterocycles. The fourth-order valence-electron chi connectivity index (χ4n) is 3.24. The molecule has 0 fully saturated rings. The average Bonchev–Trinajstić information content (AvgIpc) is 2.70. The first-order valence-electron chi connectivity index (χ1n) is 9.61. The van der Waals surface area contributed by atoms with Crippen molar-refractivity contribution < 1.29 is 4.79 Å². The van der Waals surface area contributed by atoms with Crippen LogP contribution >= 0.6 is 0 Å². The molecule has 0 radical (unpaired) electrons. The predicted molar refractivity (Wildman–Crippen MR) is 114 cm³/mol. The highest BCUT2D eigenvalue weighted by atomic mass is 16.2. The summed E-state index contributed by atoms with van der Waals surface area (Å²) < 4.78 is 0. The second kappa shape index (κ2) is 8.65. The summed E-state index contributed by atoms with van der Waals surface area (Å²) in [5, 5.41) is 3.33. The van der Waals surface area contributed by atoms with Crippen LogP contribution in [-0.2, 0) is 6.42 Å². The summed E-state index contributed by atoms with van der Waals surface area (Å²) in [6.45, 7) is 8.56. The fraction of sp³-hybridized carbons (Fsp3) is 0.261. The van der Waals surface area contributed by atoms with Gasteiger partial charge in [0.25, 0.3) is 5.91 Å². The molecule has 1 heterocycles. The summed E-state index contributed by atoms with van der Waals surface area (Å²) in [4.78, 5) is 23.9. The van der Waals surface area contributed by atoms with Gasteiger partial charge in [-0.2, -0.15) is 0 Å². The molecule has 0 aliphatic rings. The highest BCUT2D eigenvalue weighted by Crippen LogP contribution is 2.24. The number of para-hydroxylation sites is 2. The van der Waals surface area contributed by atoms with E-state index in [4.69, 9.17) is 0 Å². The van der Waals surface area contributed by atoms with E-state index in [2.05, 4.69) is 41.3 Å². The second-order valence-corrected chi connectivity index (χ2v) is 6.69. The molecule has 2 aromatic carbocycles. The van der Waals surface area contributed by atoms with Crippen LogP contribution in [0.5, 0.6) is 0 Å². The molecule has 0 aliphatic carbocycles. The van der Waals surface area contributed by atoms with E-state index >= 15 is 0 Å². The molecular weight excluding hydrogens is 348 g/mol. The zero-order valence-corrected chi connectivity index (χ0v) is 16.9. The molecule has 144 valence electrons. The van der Waals surface area contributed by atoms with E-state index in [1.165, 1.54) is 5.56 Å². The van der Waals surface area contributed by atoms with Crippen molar-refractivity contribution >= 4 is 23.2 Å². The number of amides is 1. The molecular formula is C23H26N4O. The van der Waals surface area contributed by atoms with Gasteiger partial charge < -0.3 is 10.2 Å². The Morgan fingerprint density at radius 3 is 2.43 bits per heavy atom. The first-order chi connectivity index (χ1) is 13.5. The zero-order chi connectivity index (χ0) is 20.1. The molecule has 0 saturated heterocycles. The van der Waals surface area contributed by atoms with Gasteiger partial charge in [-0.3, -0.25) is 4.79 Å². The summed E-state index contributed by atoms with van der Waals surface area (Å²) in [5.74, 6) is 0.305. The van der Waals surface area contributed by atoms with Crippen molar-refractivity contribution in [2.24, 2.45) is 0 Å². The van der Waals surface area contributed by atoms with Crippen molar-refractivity contribution in [3.8, 4) is 0 Å². The Labute approximate surface area is 166 Å². The van der Waals surface area contributed by atoms with Crippen molar-refractivity contribution in [3.05, 3.63) is 77.1 Å². The lowest BCUT2D eigenvalue weighted by Gasteiger charge is -2.21. The van der Waals surface area contributed by atoms with Crippen molar-refractivity contribution in [1.29, 1.82) is 0 Å². The van der Waals surface area contributed by atoms with E-state index in [0.717, 1.165) is 29.1 Å². The van der Waals surface area contributed by atoms with E-state index in [-0.39, 0.29) is 5.91 Å². The maximum atomic E-state index is 13.1. The van der Waals surface area contributed by atoms with Gasteiger partial charge in [0.1, 0.15) is 5.69 Å². The largest absolute Gasteiger partial charge is 0.324 e. The molecule has 3 aromatic rings. The van der Waals surface area contributed by atoms with Gasteiger partial charge in [-0.25, -0.2) is 9.97 Å². The Morgan fingerprint density at radius 1 is 1.00 bits per heavy atom. The highest BCUT2D eigenvalue weighted by molar-refractivity contribution is 6.05. The number of hydrogen-bond donors (Lipinski definition) is 1. The van der Waals surface area contributed by atoms with Crippen LogP contribution in [0.4, 0.5) is 17.3 Å². The third-order valence-electron chi connectivity index (χ3n) is 4.68. The van der Waals surface area contributed by atoms with Crippen LogP contribution in [0.25, 0.3) is 0 Å². The van der Waals surface area contributed by atoms with Crippen molar-refractivity contribution in [2.45, 2.75) is 34.1 Å². The molecule has 3 rings (SSSR count). The molecule has 0 spiro atoms. The minimum atomic E-state index is -0.136. The second-order valence-electron chi connectivity index (χ2n) is 6.69. The molecule has 5 nitrogen and oxygen atoms in total. The molecule has 0 bridgehead atoms. The van der Waals surface area contributed by atoms with Gasteiger partial charge in [-0.15, -0.1) is 0 Å². The zero-order valence-electron chi connectivity index (χ0n) is 16.9. The lowest BCUT2D eigenvalue weighted by Crippen LogP contribution is -2.31. The number of benzene rings is 2. The molecule has 0 unspecified atom stereocenters. The summed E-state index contributed by atoms with van der Waals surface area (Å²) in [6, 6.07) is 17.6. The van der Waals surface area contributed by atoms with Crippen molar-refractivity contribution in [1.82, 2.24) is 9.97 Å². The van der Waals surface area contributed by atoms with Gasteiger partial charge in [0, 0.05) is 23.6 Å². The van der Waals surface area contributed by atoms with E-state index in [9.17, 15) is 4.79 Å². The summed E-state index contributed by atoms with van der Waals surface area (Å²) in [6.07, 6.45) is 0.902. The number of carbonyl (C=O) groups excluding carboxylic acids is 1. The maximum absolute atomic E-state index is 13.1. The Balaban J connectivity index is 1.95. The molecule has 1 aromatic heterocycles. The Kier molecular flexibility index (Phi) is 6.04. The monoisotopic (exact) mass is 374 g/mol. The molecule has 5 heteroatoms. The Morgan fingerprint density at radius 2 is 1.75 bits per heavy atom. The van der Waals surface area contributed by atoms with Crippen molar-refractivity contribution in [2.75, 3.05) is 16.8 Å². The number of hydrogen-bond acceptors (Lipinski definition) is 4. The van der Waals surface area contributed by atoms with Gasteiger partial charge in [0.05, 0.1) is 0 Å². The van der Waals surface area contributed by atoms with Gasteiger partial charge in [0.15, 0.2) is 0 Å². The third kappa shape index (κ3) is 4.19. The molecule has 0 atom stereocenters. The van der Waals surface area contributed by atoms with E-state index in [0.29, 0.717) is 18.2 Å². The van der Waals surface area contributed by atoms with Gasteiger partial charge in [-0.05, 0) is 56.5 Å². The van der Waals surface area contributed by atoms with Crippen molar-refractivity contribution in [3.63, 3.8) is 0 Å². The predicted octanol–water partition coefficient (Wildman–Crippen LogP) is 5.07. The SMILES string of the molecule is CCc1cccc(C)c1Nc1nc(C)cc(C(=O)N(CC)c2ccccc2)n1. The van der Waals surface area contributed by atoms with E-state index < -0.39 is 0 Å². The standard InChI is InChI=1S/C23H26N4O/c1-5-18-12-10-11-16(3)21(18)26-23-24-17(4)15-20(25-23)22(28)27(6-2)19-13-8-7-9-14-19/h7-15H,5-6H2,1-4H3,(H,24,25,26). The molecule has 0 saturated carbocycles. The number of nitrogens with one attached hydrogen (secondary N) is 1. The quantitative estimate of drug-likeness (QED) is 0.655.